The van der Waals surface area contributed by atoms with Gasteiger partial charge in [-0.25, -0.2) is 4.79 Å². The van der Waals surface area contributed by atoms with E-state index in [1.54, 1.807) is 12.1 Å². The lowest BCUT2D eigenvalue weighted by Crippen LogP contribution is -2.71. The normalized spacial score (nSPS) is 50.9. The molecule has 4 saturated carbocycles. The van der Waals surface area contributed by atoms with Crippen molar-refractivity contribution in [1.82, 2.24) is 0 Å². The first-order chi connectivity index (χ1) is 20.1. The van der Waals surface area contributed by atoms with Crippen LogP contribution in [0.15, 0.2) is 41.7 Å². The minimum Gasteiger partial charge on any atom is -0.510 e. The van der Waals surface area contributed by atoms with Crippen molar-refractivity contribution in [3.63, 3.8) is 0 Å². The Morgan fingerprint density at radius 3 is 2.28 bits per heavy atom. The van der Waals surface area contributed by atoms with Crippen molar-refractivity contribution in [3.05, 3.63) is 47.2 Å². The van der Waals surface area contributed by atoms with Crippen LogP contribution in [0, 0.1) is 56.7 Å². The third-order valence-electron chi connectivity index (χ3n) is 14.7. The van der Waals surface area contributed by atoms with E-state index in [1.165, 1.54) is 0 Å². The number of ether oxygens (including phenoxy) is 1. The molecule has 5 aliphatic carbocycles. The molecular formula is C37H52O6. The molecule has 0 aliphatic heterocycles. The van der Waals surface area contributed by atoms with E-state index in [-0.39, 0.29) is 34.9 Å². The Kier molecular flexibility index (Phi) is 7.10. The van der Waals surface area contributed by atoms with Crippen molar-refractivity contribution in [2.75, 3.05) is 0 Å². The Bertz CT molecular complexity index is 1320. The smallest absolute Gasteiger partial charge is 0.338 e. The van der Waals surface area contributed by atoms with Gasteiger partial charge in [0.2, 0.25) is 0 Å². The van der Waals surface area contributed by atoms with Crippen molar-refractivity contribution in [2.45, 2.75) is 112 Å². The van der Waals surface area contributed by atoms with Crippen LogP contribution in [0.3, 0.4) is 0 Å². The summed E-state index contributed by atoms with van der Waals surface area (Å²) in [7, 11) is 0. The molecule has 0 amide bonds. The van der Waals surface area contributed by atoms with Gasteiger partial charge >= 0.3 is 5.97 Å². The molecule has 6 nitrogen and oxygen atoms in total. The minimum atomic E-state index is -1.09. The number of carbonyl (C=O) groups excluding carboxylic acids is 2. The molecule has 0 saturated heterocycles. The van der Waals surface area contributed by atoms with E-state index in [0.29, 0.717) is 43.1 Å². The lowest BCUT2D eigenvalue weighted by atomic mass is 9.32. The summed E-state index contributed by atoms with van der Waals surface area (Å²) in [6.07, 6.45) is 3.90. The van der Waals surface area contributed by atoms with Crippen molar-refractivity contribution in [1.29, 1.82) is 0 Å². The molecule has 3 N–H and O–H groups in total. The molecule has 1 aromatic carbocycles. The van der Waals surface area contributed by atoms with Gasteiger partial charge in [-0.1, -0.05) is 66.7 Å². The summed E-state index contributed by atoms with van der Waals surface area (Å²) in [5.41, 5.74) is -1.48. The molecule has 236 valence electrons. The van der Waals surface area contributed by atoms with Gasteiger partial charge in [0.25, 0.3) is 0 Å². The molecular weight excluding hydrogens is 540 g/mol. The summed E-state index contributed by atoms with van der Waals surface area (Å²) in [4.78, 5) is 26.4. The summed E-state index contributed by atoms with van der Waals surface area (Å²) >= 11 is 0. The average molecular weight is 593 g/mol. The van der Waals surface area contributed by atoms with Crippen molar-refractivity contribution in [3.8, 4) is 0 Å². The lowest BCUT2D eigenvalue weighted by molar-refractivity contribution is -0.248. The second-order valence-corrected chi connectivity index (χ2v) is 16.4. The van der Waals surface area contributed by atoms with Crippen molar-refractivity contribution < 1.29 is 29.6 Å². The molecule has 13 atom stereocenters. The van der Waals surface area contributed by atoms with Crippen molar-refractivity contribution >= 4 is 12.3 Å². The maximum absolute atomic E-state index is 13.8. The first-order valence-electron chi connectivity index (χ1n) is 16.6. The molecule has 13 unspecified atom stereocenters. The van der Waals surface area contributed by atoms with Crippen LogP contribution in [-0.2, 0) is 9.53 Å². The molecule has 0 radical (unpaired) electrons. The van der Waals surface area contributed by atoms with E-state index in [4.69, 9.17) is 4.74 Å². The number of benzene rings is 1. The molecule has 1 aromatic rings. The Hall–Kier alpha value is -2.18. The number of esters is 1. The van der Waals surface area contributed by atoms with Gasteiger partial charge in [0.05, 0.1) is 17.1 Å². The number of aliphatic hydroxyl groups excluding tert-OH is 3. The van der Waals surface area contributed by atoms with Crippen LogP contribution in [0.2, 0.25) is 0 Å². The van der Waals surface area contributed by atoms with Gasteiger partial charge in [0.15, 0.2) is 0 Å². The topological polar surface area (TPSA) is 104 Å². The van der Waals surface area contributed by atoms with Gasteiger partial charge in [0, 0.05) is 11.3 Å². The molecule has 0 bridgehead atoms. The summed E-state index contributed by atoms with van der Waals surface area (Å²) in [6, 6.07) is 9.14. The Balaban J connectivity index is 1.56. The number of hydrogen-bond donors (Lipinski definition) is 3. The van der Waals surface area contributed by atoms with Crippen LogP contribution in [-0.4, -0.2) is 45.9 Å². The zero-order valence-electron chi connectivity index (χ0n) is 27.1. The molecule has 0 heterocycles. The average Bonchev–Trinajstić information content (AvgIpc) is 2.97. The van der Waals surface area contributed by atoms with Gasteiger partial charge in [-0.15, -0.1) is 0 Å². The van der Waals surface area contributed by atoms with Crippen LogP contribution in [0.1, 0.15) is 104 Å². The SMILES string of the molecule is CC1CCC2(C)CC(OC(=O)c3ccccc3)C3(C)C(=C(O)C(O)C4C5(C)CCC(O)C(C)(C=O)C5CCC43C)C2C1C. The third-order valence-corrected chi connectivity index (χ3v) is 14.7. The van der Waals surface area contributed by atoms with Crippen LogP contribution < -0.4 is 0 Å². The highest BCUT2D eigenvalue weighted by Crippen LogP contribution is 2.76. The first kappa shape index (κ1) is 30.8. The van der Waals surface area contributed by atoms with E-state index in [9.17, 15) is 24.9 Å². The first-order valence-corrected chi connectivity index (χ1v) is 16.6. The highest BCUT2D eigenvalue weighted by Gasteiger charge is 2.74. The second kappa shape index (κ2) is 9.91. The predicted octanol–water partition coefficient (Wildman–Crippen LogP) is 6.90. The highest BCUT2D eigenvalue weighted by molar-refractivity contribution is 5.89. The molecule has 43 heavy (non-hydrogen) atoms. The molecule has 0 aromatic heterocycles. The summed E-state index contributed by atoms with van der Waals surface area (Å²) < 4.78 is 6.61. The van der Waals surface area contributed by atoms with Gasteiger partial charge in [-0.2, -0.15) is 0 Å². The number of rotatable bonds is 3. The van der Waals surface area contributed by atoms with E-state index in [1.807, 2.05) is 25.1 Å². The molecule has 6 heteroatoms. The minimum absolute atomic E-state index is 0.0549. The van der Waals surface area contributed by atoms with Crippen LogP contribution in [0.25, 0.3) is 0 Å². The zero-order valence-corrected chi connectivity index (χ0v) is 27.1. The van der Waals surface area contributed by atoms with Crippen molar-refractivity contribution in [2.24, 2.45) is 56.7 Å². The maximum atomic E-state index is 13.8. The Morgan fingerprint density at radius 1 is 0.953 bits per heavy atom. The molecule has 0 spiro atoms. The second-order valence-electron chi connectivity index (χ2n) is 16.4. The summed E-state index contributed by atoms with van der Waals surface area (Å²) in [6.45, 7) is 15.4. The standard InChI is InChI=1S/C37H52O6/c1-21-13-16-33(3)19-26(43-32(42)23-11-9-8-10-12-23)37(7)28(27(33)22(21)2)29(40)30(41)31-34(4)17-15-25(39)35(5,20-38)24(34)14-18-36(31,37)6/h8-12,20-22,24-27,30-31,39-41H,13-19H2,1-7H3. The fraction of sp³-hybridized carbons (Fsp3) is 0.730. The summed E-state index contributed by atoms with van der Waals surface area (Å²) in [5.74, 6) is 0.00399. The Morgan fingerprint density at radius 2 is 1.63 bits per heavy atom. The number of hydrogen-bond acceptors (Lipinski definition) is 6. The van der Waals surface area contributed by atoms with Gasteiger partial charge in [-0.3, -0.25) is 0 Å². The summed E-state index contributed by atoms with van der Waals surface area (Å²) in [5, 5.41) is 35.7. The Labute approximate surface area is 257 Å². The number of aldehydes is 1. The van der Waals surface area contributed by atoms with Crippen LogP contribution in [0.4, 0.5) is 0 Å². The molecule has 5 aliphatic rings. The predicted molar refractivity (Wildman–Crippen MR) is 165 cm³/mol. The number of fused-ring (bicyclic) bond motifs is 7. The van der Waals surface area contributed by atoms with Gasteiger partial charge in [-0.05, 0) is 103 Å². The van der Waals surface area contributed by atoms with Crippen LogP contribution in [0.5, 0.6) is 0 Å². The third kappa shape index (κ3) is 3.90. The lowest BCUT2D eigenvalue weighted by Gasteiger charge is -2.73. The largest absolute Gasteiger partial charge is 0.510 e. The number of carbonyl (C=O) groups is 2. The zero-order chi connectivity index (χ0) is 31.3. The highest BCUT2D eigenvalue weighted by atomic mass is 16.5. The van der Waals surface area contributed by atoms with E-state index >= 15 is 0 Å². The molecule has 4 fully saturated rings. The monoisotopic (exact) mass is 592 g/mol. The maximum Gasteiger partial charge on any atom is 0.338 e. The van der Waals surface area contributed by atoms with E-state index in [0.717, 1.165) is 31.1 Å². The fourth-order valence-electron chi connectivity index (χ4n) is 11.9. The van der Waals surface area contributed by atoms with Gasteiger partial charge in [0.1, 0.15) is 24.3 Å². The van der Waals surface area contributed by atoms with Gasteiger partial charge < -0.3 is 24.9 Å². The van der Waals surface area contributed by atoms with E-state index in [2.05, 4.69) is 41.5 Å². The fourth-order valence-corrected chi connectivity index (χ4v) is 11.9. The van der Waals surface area contributed by atoms with Crippen LogP contribution >= 0.6 is 0 Å². The quantitative estimate of drug-likeness (QED) is 0.261. The molecule has 6 rings (SSSR count). The number of aliphatic hydroxyl groups is 3. The van der Waals surface area contributed by atoms with E-state index < -0.39 is 40.0 Å².